The number of hydrogen-bond donors (Lipinski definition) is 0. The van der Waals surface area contributed by atoms with Crippen LogP contribution in [0.1, 0.15) is 13.8 Å². The van der Waals surface area contributed by atoms with Gasteiger partial charge in [-0.1, -0.05) is 13.2 Å². The van der Waals surface area contributed by atoms with Crippen LogP contribution in [0.5, 0.6) is 0 Å². The van der Waals surface area contributed by atoms with Crippen molar-refractivity contribution in [2.24, 2.45) is 0 Å². The number of esters is 1. The molecule has 0 amide bonds. The maximum atomic E-state index is 13.4. The zero-order chi connectivity index (χ0) is 19.7. The van der Waals surface area contributed by atoms with Crippen molar-refractivity contribution in [2.45, 2.75) is 25.9 Å². The van der Waals surface area contributed by atoms with Crippen LogP contribution >= 0.6 is 0 Å². The van der Waals surface area contributed by atoms with Crippen LogP contribution in [0.2, 0.25) is 0 Å². The van der Waals surface area contributed by atoms with Gasteiger partial charge in [-0.15, -0.1) is 0 Å². The van der Waals surface area contributed by atoms with Crippen LogP contribution in [-0.4, -0.2) is 57.0 Å². The van der Waals surface area contributed by atoms with E-state index in [0.29, 0.717) is 0 Å². The van der Waals surface area contributed by atoms with Crippen molar-refractivity contribution in [3.63, 3.8) is 0 Å². The second kappa shape index (κ2) is 10.3. The molecule has 25 heavy (non-hydrogen) atoms. The van der Waals surface area contributed by atoms with E-state index in [1.807, 2.05) is 0 Å². The molecule has 10 heteroatoms. The normalized spacial score (nSPS) is 11.9. The Kier molecular flexibility index (Phi) is 9.53. The van der Waals surface area contributed by atoms with E-state index >= 15 is 0 Å². The van der Waals surface area contributed by atoms with Gasteiger partial charge >= 0.3 is 12.1 Å². The number of halogens is 4. The van der Waals surface area contributed by atoms with Gasteiger partial charge in [0.15, 0.2) is 12.6 Å². The zero-order valence-electron chi connectivity index (χ0n) is 13.9. The number of Topliss-reactive ketones (excluding diaryl/α,β-unsaturated/α-hetero) is 1. The predicted octanol–water partition coefficient (Wildman–Crippen LogP) is 2.49. The van der Waals surface area contributed by atoms with Crippen molar-refractivity contribution in [2.75, 3.05) is 33.2 Å². The summed E-state index contributed by atoms with van der Waals surface area (Å²) in [4.78, 5) is 22.1. The Morgan fingerprint density at radius 3 is 2.04 bits per heavy atom. The minimum absolute atomic E-state index is 0.0383. The van der Waals surface area contributed by atoms with E-state index in [9.17, 15) is 27.2 Å². The fraction of sp³-hybridized carbons (Fsp3) is 0.600. The third kappa shape index (κ3) is 11.4. The Hall–Kier alpha value is -1.78. The Balaban J connectivity index is 4.11. The summed E-state index contributed by atoms with van der Waals surface area (Å²) in [7, 11) is 0. The second-order valence-electron chi connectivity index (χ2n) is 5.16. The first-order valence-corrected chi connectivity index (χ1v) is 6.93. The molecule has 0 aliphatic rings. The van der Waals surface area contributed by atoms with Crippen molar-refractivity contribution in [3.05, 3.63) is 24.3 Å². The van der Waals surface area contributed by atoms with E-state index in [2.05, 4.69) is 32.1 Å². The van der Waals surface area contributed by atoms with Gasteiger partial charge in [0.1, 0.15) is 26.4 Å². The molecular weight excluding hydrogens is 352 g/mol. The molecule has 0 aromatic heterocycles. The fourth-order valence-electron chi connectivity index (χ4n) is 1.09. The van der Waals surface area contributed by atoms with E-state index in [0.717, 1.165) is 0 Å². The summed E-state index contributed by atoms with van der Waals surface area (Å²) in [5, 5.41) is 0. The maximum absolute atomic E-state index is 13.4. The van der Waals surface area contributed by atoms with Crippen molar-refractivity contribution < 1.29 is 46.1 Å². The Labute approximate surface area is 142 Å². The summed E-state index contributed by atoms with van der Waals surface area (Å²) in [6.07, 6.45) is -4.04. The Bertz CT molecular complexity index is 504. The Morgan fingerprint density at radius 1 is 0.920 bits per heavy atom. The van der Waals surface area contributed by atoms with E-state index in [4.69, 9.17) is 0 Å². The molecule has 0 aromatic carbocycles. The molecule has 0 rings (SSSR count). The summed E-state index contributed by atoms with van der Waals surface area (Å²) in [6.45, 7) is 3.49. The number of ketones is 1. The third-order valence-electron chi connectivity index (χ3n) is 2.41. The molecule has 0 unspecified atom stereocenters. The minimum atomic E-state index is -4.04. The highest BCUT2D eigenvalue weighted by atomic mass is 19.3. The number of carbonyl (C=O) groups is 2. The number of hydrogen-bond acceptors (Lipinski definition) is 6. The van der Waals surface area contributed by atoms with Gasteiger partial charge in [0.05, 0.1) is 0 Å². The summed E-state index contributed by atoms with van der Waals surface area (Å²) in [5.74, 6) is -5.18. The first-order chi connectivity index (χ1) is 11.4. The lowest BCUT2D eigenvalue weighted by Crippen LogP contribution is -2.37. The molecular formula is C15H20F4O6. The summed E-state index contributed by atoms with van der Waals surface area (Å²) in [6, 6.07) is 0. The molecule has 0 fully saturated rings. The first-order valence-electron chi connectivity index (χ1n) is 6.93. The SMILES string of the molecule is C=C(C)C(=O)COCC(F)(F)COC(F)(F)COCOC(=O)C(=C)C. The van der Waals surface area contributed by atoms with Gasteiger partial charge in [-0.3, -0.25) is 4.79 Å². The van der Waals surface area contributed by atoms with Gasteiger partial charge in [0.2, 0.25) is 0 Å². The average molecular weight is 372 g/mol. The zero-order valence-corrected chi connectivity index (χ0v) is 13.9. The van der Waals surface area contributed by atoms with Crippen molar-refractivity contribution in [1.29, 1.82) is 0 Å². The molecule has 0 atom stereocenters. The van der Waals surface area contributed by atoms with Crippen LogP contribution in [0, 0.1) is 0 Å². The molecule has 0 aliphatic heterocycles. The molecule has 0 saturated carbocycles. The summed E-state index contributed by atoms with van der Waals surface area (Å²) >= 11 is 0. The molecule has 0 saturated heterocycles. The van der Waals surface area contributed by atoms with Gasteiger partial charge in [0, 0.05) is 5.57 Å². The van der Waals surface area contributed by atoms with Gasteiger partial charge < -0.3 is 18.9 Å². The molecule has 0 spiro atoms. The Morgan fingerprint density at radius 2 is 1.52 bits per heavy atom. The molecule has 0 bridgehead atoms. The summed E-state index contributed by atoms with van der Waals surface area (Å²) < 4.78 is 70.2. The summed E-state index contributed by atoms with van der Waals surface area (Å²) in [5.41, 5.74) is 0.159. The van der Waals surface area contributed by atoms with Gasteiger partial charge in [-0.05, 0) is 19.4 Å². The maximum Gasteiger partial charge on any atom is 0.379 e. The highest BCUT2D eigenvalue weighted by Gasteiger charge is 2.38. The highest BCUT2D eigenvalue weighted by molar-refractivity contribution is 5.95. The largest absolute Gasteiger partial charge is 0.435 e. The minimum Gasteiger partial charge on any atom is -0.435 e. The van der Waals surface area contributed by atoms with E-state index in [-0.39, 0.29) is 11.1 Å². The van der Waals surface area contributed by atoms with E-state index in [1.54, 1.807) is 0 Å². The average Bonchev–Trinajstić information content (AvgIpc) is 2.49. The standard InChI is InChI=1S/C15H20F4O6/c1-10(2)12(20)5-22-6-14(16,17)7-25-15(18,19)8-23-9-24-13(21)11(3)4/h1,3,5-9H2,2,4H3. The van der Waals surface area contributed by atoms with Crippen LogP contribution in [0.3, 0.4) is 0 Å². The molecule has 0 aromatic rings. The quantitative estimate of drug-likeness (QED) is 0.163. The molecule has 144 valence electrons. The number of carbonyl (C=O) groups excluding carboxylic acids is 2. The molecule has 0 radical (unpaired) electrons. The van der Waals surface area contributed by atoms with Crippen molar-refractivity contribution in [3.8, 4) is 0 Å². The number of ether oxygens (including phenoxy) is 4. The molecule has 6 nitrogen and oxygen atoms in total. The number of alkyl halides is 4. The number of rotatable bonds is 13. The van der Waals surface area contributed by atoms with E-state index < -0.39 is 57.0 Å². The van der Waals surface area contributed by atoms with Gasteiger partial charge in [0.25, 0.3) is 5.92 Å². The molecule has 0 heterocycles. The van der Waals surface area contributed by atoms with Crippen LogP contribution in [0.25, 0.3) is 0 Å². The van der Waals surface area contributed by atoms with Gasteiger partial charge in [-0.2, -0.15) is 8.78 Å². The lowest BCUT2D eigenvalue weighted by molar-refractivity contribution is -0.295. The lowest BCUT2D eigenvalue weighted by atomic mass is 10.2. The van der Waals surface area contributed by atoms with Crippen molar-refractivity contribution in [1.82, 2.24) is 0 Å². The van der Waals surface area contributed by atoms with Crippen LogP contribution in [0.15, 0.2) is 24.3 Å². The van der Waals surface area contributed by atoms with Crippen LogP contribution in [-0.2, 0) is 28.5 Å². The fourth-order valence-corrected chi connectivity index (χ4v) is 1.09. The lowest BCUT2D eigenvalue weighted by Gasteiger charge is -2.21. The highest BCUT2D eigenvalue weighted by Crippen LogP contribution is 2.22. The molecule has 0 aliphatic carbocycles. The van der Waals surface area contributed by atoms with Crippen LogP contribution in [0.4, 0.5) is 17.6 Å². The second-order valence-corrected chi connectivity index (χ2v) is 5.16. The van der Waals surface area contributed by atoms with Gasteiger partial charge in [-0.25, -0.2) is 13.6 Å². The topological polar surface area (TPSA) is 71.1 Å². The van der Waals surface area contributed by atoms with Crippen LogP contribution < -0.4 is 0 Å². The first kappa shape index (κ1) is 23.2. The van der Waals surface area contributed by atoms with Crippen molar-refractivity contribution >= 4 is 11.8 Å². The monoisotopic (exact) mass is 372 g/mol. The van der Waals surface area contributed by atoms with E-state index in [1.165, 1.54) is 13.8 Å². The predicted molar refractivity (Wildman–Crippen MR) is 78.2 cm³/mol. The smallest absolute Gasteiger partial charge is 0.379 e. The third-order valence-corrected chi connectivity index (χ3v) is 2.41. The molecule has 0 N–H and O–H groups in total.